The van der Waals surface area contributed by atoms with Crippen LogP contribution in [0.5, 0.6) is 11.5 Å². The molecular formula is C24H23FN2O2. The van der Waals surface area contributed by atoms with Gasteiger partial charge in [-0.1, -0.05) is 30.3 Å². The van der Waals surface area contributed by atoms with Gasteiger partial charge in [-0.05, 0) is 48.9 Å². The van der Waals surface area contributed by atoms with Gasteiger partial charge in [0.1, 0.15) is 5.82 Å². The first kappa shape index (κ1) is 18.9. The monoisotopic (exact) mass is 390 g/mol. The van der Waals surface area contributed by atoms with Crippen LogP contribution in [0.4, 0.5) is 10.1 Å². The van der Waals surface area contributed by atoms with Crippen molar-refractivity contribution in [1.82, 2.24) is 4.98 Å². The zero-order chi connectivity index (χ0) is 20.4. The van der Waals surface area contributed by atoms with Gasteiger partial charge in [0.15, 0.2) is 11.5 Å². The SMILES string of the molecule is COc1ccc(C(Nc2cccc(F)c2)c2c(C)[nH]c3ccccc23)cc1OC. The fourth-order valence-electron chi connectivity index (χ4n) is 3.77. The number of aromatic amines is 1. The van der Waals surface area contributed by atoms with Crippen LogP contribution in [0.15, 0.2) is 66.7 Å². The molecule has 0 spiro atoms. The number of aromatic nitrogens is 1. The fraction of sp³-hybridized carbons (Fsp3) is 0.167. The second-order valence-corrected chi connectivity index (χ2v) is 6.91. The molecule has 0 radical (unpaired) electrons. The number of hydrogen-bond acceptors (Lipinski definition) is 3. The molecular weight excluding hydrogens is 367 g/mol. The Morgan fingerprint density at radius 3 is 2.45 bits per heavy atom. The second-order valence-electron chi connectivity index (χ2n) is 6.91. The van der Waals surface area contributed by atoms with Crippen molar-refractivity contribution < 1.29 is 13.9 Å². The molecule has 4 rings (SSSR count). The number of halogens is 1. The predicted molar refractivity (Wildman–Crippen MR) is 114 cm³/mol. The smallest absolute Gasteiger partial charge is 0.161 e. The van der Waals surface area contributed by atoms with Gasteiger partial charge in [-0.2, -0.15) is 0 Å². The molecule has 4 nitrogen and oxygen atoms in total. The standard InChI is InChI=1S/C24H23FN2O2/c1-15-23(19-9-4-5-10-20(19)26-15)24(27-18-8-6-7-17(25)14-18)16-11-12-21(28-2)22(13-16)29-3/h4-14,24,26-27H,1-3H3. The topological polar surface area (TPSA) is 46.3 Å². The van der Waals surface area contributed by atoms with Crippen molar-refractivity contribution in [2.24, 2.45) is 0 Å². The molecule has 29 heavy (non-hydrogen) atoms. The van der Waals surface area contributed by atoms with Crippen molar-refractivity contribution in [2.45, 2.75) is 13.0 Å². The van der Waals surface area contributed by atoms with E-state index < -0.39 is 0 Å². The summed E-state index contributed by atoms with van der Waals surface area (Å²) in [5.74, 6) is 1.03. The summed E-state index contributed by atoms with van der Waals surface area (Å²) in [6.07, 6.45) is 0. The van der Waals surface area contributed by atoms with Crippen molar-refractivity contribution in [3.8, 4) is 11.5 Å². The molecule has 148 valence electrons. The number of nitrogens with one attached hydrogen (secondary N) is 2. The number of anilines is 1. The first-order valence-electron chi connectivity index (χ1n) is 9.42. The molecule has 1 atom stereocenters. The maximum absolute atomic E-state index is 13.8. The van der Waals surface area contributed by atoms with Gasteiger partial charge in [0.25, 0.3) is 0 Å². The summed E-state index contributed by atoms with van der Waals surface area (Å²) < 4.78 is 24.7. The van der Waals surface area contributed by atoms with Crippen LogP contribution < -0.4 is 14.8 Å². The second kappa shape index (κ2) is 7.87. The van der Waals surface area contributed by atoms with Crippen LogP contribution in [0.25, 0.3) is 10.9 Å². The Morgan fingerprint density at radius 1 is 0.897 bits per heavy atom. The Bertz CT molecular complexity index is 1150. The van der Waals surface area contributed by atoms with Crippen molar-refractivity contribution in [3.63, 3.8) is 0 Å². The third-order valence-electron chi connectivity index (χ3n) is 5.11. The number of ether oxygens (including phenoxy) is 2. The van der Waals surface area contributed by atoms with E-state index >= 15 is 0 Å². The molecule has 3 aromatic carbocycles. The van der Waals surface area contributed by atoms with Crippen LogP contribution in [-0.2, 0) is 0 Å². The maximum atomic E-state index is 13.8. The first-order valence-corrected chi connectivity index (χ1v) is 9.42. The maximum Gasteiger partial charge on any atom is 0.161 e. The van der Waals surface area contributed by atoms with Gasteiger partial charge in [-0.15, -0.1) is 0 Å². The highest BCUT2D eigenvalue weighted by atomic mass is 19.1. The molecule has 1 aromatic heterocycles. The lowest BCUT2D eigenvalue weighted by Gasteiger charge is -2.23. The molecule has 0 saturated carbocycles. The lowest BCUT2D eigenvalue weighted by Crippen LogP contribution is -2.13. The number of methoxy groups -OCH3 is 2. The highest BCUT2D eigenvalue weighted by molar-refractivity contribution is 5.86. The Hall–Kier alpha value is -3.47. The van der Waals surface area contributed by atoms with E-state index in [1.807, 2.05) is 36.4 Å². The van der Waals surface area contributed by atoms with Crippen LogP contribution in [0.1, 0.15) is 22.9 Å². The number of fused-ring (bicyclic) bond motifs is 1. The fourth-order valence-corrected chi connectivity index (χ4v) is 3.77. The quantitative estimate of drug-likeness (QED) is 0.435. The number of aryl methyl sites for hydroxylation is 1. The summed E-state index contributed by atoms with van der Waals surface area (Å²) in [5.41, 5.74) is 4.91. The highest BCUT2D eigenvalue weighted by Gasteiger charge is 2.22. The van der Waals surface area contributed by atoms with E-state index in [2.05, 4.69) is 29.4 Å². The Morgan fingerprint density at radius 2 is 1.69 bits per heavy atom. The third-order valence-corrected chi connectivity index (χ3v) is 5.11. The molecule has 0 aliphatic rings. The molecule has 0 amide bonds. The van der Waals surface area contributed by atoms with Crippen LogP contribution in [0.2, 0.25) is 0 Å². The number of H-pyrrole nitrogens is 1. The molecule has 0 bridgehead atoms. The van der Waals surface area contributed by atoms with E-state index in [-0.39, 0.29) is 11.9 Å². The molecule has 0 saturated heterocycles. The summed E-state index contributed by atoms with van der Waals surface area (Å²) in [4.78, 5) is 3.46. The molecule has 5 heteroatoms. The van der Waals surface area contributed by atoms with Gasteiger partial charge in [0.05, 0.1) is 20.3 Å². The summed E-state index contributed by atoms with van der Waals surface area (Å²) in [5, 5.41) is 4.62. The van der Waals surface area contributed by atoms with Crippen molar-refractivity contribution >= 4 is 16.6 Å². The van der Waals surface area contributed by atoms with Gasteiger partial charge in [0, 0.05) is 27.8 Å². The van der Waals surface area contributed by atoms with Gasteiger partial charge in [-0.25, -0.2) is 4.39 Å². The average molecular weight is 390 g/mol. The first-order chi connectivity index (χ1) is 14.1. The Labute approximate surface area is 169 Å². The Balaban J connectivity index is 1.89. The van der Waals surface area contributed by atoms with Crippen LogP contribution in [0.3, 0.4) is 0 Å². The van der Waals surface area contributed by atoms with Crippen molar-refractivity contribution in [1.29, 1.82) is 0 Å². The zero-order valence-electron chi connectivity index (χ0n) is 16.6. The lowest BCUT2D eigenvalue weighted by molar-refractivity contribution is 0.354. The van der Waals surface area contributed by atoms with E-state index in [0.29, 0.717) is 17.2 Å². The van der Waals surface area contributed by atoms with E-state index in [9.17, 15) is 4.39 Å². The van der Waals surface area contributed by atoms with Gasteiger partial charge in [0.2, 0.25) is 0 Å². The minimum Gasteiger partial charge on any atom is -0.493 e. The van der Waals surface area contributed by atoms with Crippen LogP contribution in [0, 0.1) is 12.7 Å². The van der Waals surface area contributed by atoms with Crippen LogP contribution >= 0.6 is 0 Å². The summed E-state index contributed by atoms with van der Waals surface area (Å²) >= 11 is 0. The minimum atomic E-state index is -0.281. The number of rotatable bonds is 6. The molecule has 2 N–H and O–H groups in total. The van der Waals surface area contributed by atoms with E-state index in [0.717, 1.165) is 27.7 Å². The van der Waals surface area contributed by atoms with Gasteiger partial charge >= 0.3 is 0 Å². The number of para-hydroxylation sites is 1. The molecule has 0 aliphatic carbocycles. The van der Waals surface area contributed by atoms with E-state index in [1.165, 1.54) is 12.1 Å². The van der Waals surface area contributed by atoms with E-state index in [4.69, 9.17) is 9.47 Å². The normalized spacial score (nSPS) is 12.0. The zero-order valence-corrected chi connectivity index (χ0v) is 16.6. The summed E-state index contributed by atoms with van der Waals surface area (Å²) in [7, 11) is 3.23. The minimum absolute atomic E-state index is 0.215. The van der Waals surface area contributed by atoms with Gasteiger partial charge < -0.3 is 19.8 Å². The van der Waals surface area contributed by atoms with E-state index in [1.54, 1.807) is 20.3 Å². The van der Waals surface area contributed by atoms with Gasteiger partial charge in [-0.3, -0.25) is 0 Å². The predicted octanol–water partition coefficient (Wildman–Crippen LogP) is 5.83. The molecule has 1 unspecified atom stereocenters. The van der Waals surface area contributed by atoms with Crippen LogP contribution in [-0.4, -0.2) is 19.2 Å². The Kier molecular flexibility index (Phi) is 5.12. The third kappa shape index (κ3) is 3.63. The lowest BCUT2D eigenvalue weighted by atomic mass is 9.95. The highest BCUT2D eigenvalue weighted by Crippen LogP contribution is 2.38. The largest absolute Gasteiger partial charge is 0.493 e. The molecule has 0 aliphatic heterocycles. The summed E-state index contributed by atoms with van der Waals surface area (Å²) in [6, 6.07) is 20.3. The molecule has 0 fully saturated rings. The number of hydrogen-bond donors (Lipinski definition) is 2. The molecule has 1 heterocycles. The summed E-state index contributed by atoms with van der Waals surface area (Å²) in [6.45, 7) is 2.05. The number of benzene rings is 3. The average Bonchev–Trinajstić information content (AvgIpc) is 3.07. The molecule has 4 aromatic rings. The van der Waals surface area contributed by atoms with Crippen molar-refractivity contribution in [3.05, 3.63) is 89.4 Å². The van der Waals surface area contributed by atoms with Crippen molar-refractivity contribution in [2.75, 3.05) is 19.5 Å².